The molecule has 5 nitrogen and oxygen atoms in total. The number of methoxy groups -OCH3 is 2. The minimum Gasteiger partial charge on any atom is -0.497 e. The molecule has 0 aliphatic carbocycles. The van der Waals surface area contributed by atoms with Gasteiger partial charge in [0.05, 0.1) is 14.2 Å². The second kappa shape index (κ2) is 8.30. The average molecular weight is 341 g/mol. The van der Waals surface area contributed by atoms with Gasteiger partial charge in [-0.3, -0.25) is 4.90 Å². The molecule has 25 heavy (non-hydrogen) atoms. The van der Waals surface area contributed by atoms with E-state index in [9.17, 15) is 0 Å². The van der Waals surface area contributed by atoms with Crippen LogP contribution in [0, 0.1) is 0 Å². The number of hydrogen-bond donors (Lipinski definition) is 0. The van der Waals surface area contributed by atoms with Gasteiger partial charge in [0.2, 0.25) is 0 Å². The van der Waals surface area contributed by atoms with E-state index in [1.165, 1.54) is 11.1 Å². The lowest BCUT2D eigenvalue weighted by Gasteiger charge is -2.18. The average Bonchev–Trinajstić information content (AvgIpc) is 3.11. The van der Waals surface area contributed by atoms with Crippen LogP contribution in [0.2, 0.25) is 0 Å². The predicted octanol–water partition coefficient (Wildman–Crippen LogP) is 3.44. The Kier molecular flexibility index (Phi) is 5.87. The summed E-state index contributed by atoms with van der Waals surface area (Å²) in [7, 11) is 3.43. The molecule has 1 saturated heterocycles. The molecule has 1 aliphatic rings. The van der Waals surface area contributed by atoms with E-state index in [1.54, 1.807) is 14.2 Å². The second-order valence-electron chi connectivity index (χ2n) is 6.59. The minimum absolute atomic E-state index is 0.463. The first-order valence-corrected chi connectivity index (χ1v) is 8.97. The van der Waals surface area contributed by atoms with Crippen molar-refractivity contribution in [3.63, 3.8) is 0 Å². The normalized spacial score (nSPS) is 17.6. The molecular formula is C20H27N3O2. The van der Waals surface area contributed by atoms with Gasteiger partial charge in [-0.2, -0.15) is 0 Å². The Morgan fingerprint density at radius 2 is 1.96 bits per heavy atom. The fourth-order valence-corrected chi connectivity index (χ4v) is 3.46. The minimum atomic E-state index is 0.463. The van der Waals surface area contributed by atoms with E-state index in [0.717, 1.165) is 56.2 Å². The third-order valence-electron chi connectivity index (χ3n) is 4.79. The number of benzene rings is 1. The third kappa shape index (κ3) is 4.28. The van der Waals surface area contributed by atoms with E-state index in [-0.39, 0.29) is 0 Å². The van der Waals surface area contributed by atoms with Crippen LogP contribution in [0.1, 0.15) is 42.6 Å². The summed E-state index contributed by atoms with van der Waals surface area (Å²) >= 11 is 0. The van der Waals surface area contributed by atoms with Crippen LogP contribution in [0.3, 0.4) is 0 Å². The topological polar surface area (TPSA) is 47.5 Å². The molecule has 3 rings (SSSR count). The maximum Gasteiger partial charge on any atom is 0.128 e. The number of likely N-dealkylation sites (tertiary alicyclic amines) is 1. The molecule has 0 unspecified atom stereocenters. The van der Waals surface area contributed by atoms with Gasteiger partial charge in [-0.05, 0) is 37.6 Å². The zero-order valence-corrected chi connectivity index (χ0v) is 15.4. The van der Waals surface area contributed by atoms with Gasteiger partial charge in [0, 0.05) is 48.9 Å². The van der Waals surface area contributed by atoms with E-state index in [0.29, 0.717) is 5.92 Å². The first-order valence-electron chi connectivity index (χ1n) is 8.97. The van der Waals surface area contributed by atoms with Crippen molar-refractivity contribution in [1.29, 1.82) is 0 Å². The van der Waals surface area contributed by atoms with Gasteiger partial charge in [0.15, 0.2) is 0 Å². The Labute approximate surface area is 150 Å². The molecule has 0 spiro atoms. The van der Waals surface area contributed by atoms with Crippen LogP contribution in [0.25, 0.3) is 0 Å². The lowest BCUT2D eigenvalue weighted by atomic mass is 9.97. The van der Waals surface area contributed by atoms with Gasteiger partial charge < -0.3 is 9.47 Å². The first kappa shape index (κ1) is 17.7. The maximum absolute atomic E-state index is 5.55. The summed E-state index contributed by atoms with van der Waals surface area (Å²) in [5, 5.41) is 0. The van der Waals surface area contributed by atoms with Crippen molar-refractivity contribution in [3.8, 4) is 11.5 Å². The number of ether oxygens (including phenoxy) is 2. The van der Waals surface area contributed by atoms with Crippen LogP contribution in [0.5, 0.6) is 11.5 Å². The molecule has 2 aromatic rings. The number of aryl methyl sites for hydroxylation is 1. The number of rotatable bonds is 7. The molecule has 1 fully saturated rings. The molecule has 1 aromatic heterocycles. The maximum atomic E-state index is 5.55. The zero-order chi connectivity index (χ0) is 17.6. The van der Waals surface area contributed by atoms with Crippen molar-refractivity contribution in [2.24, 2.45) is 0 Å². The molecule has 0 radical (unpaired) electrons. The quantitative estimate of drug-likeness (QED) is 0.772. The lowest BCUT2D eigenvalue weighted by Crippen LogP contribution is -2.20. The Morgan fingerprint density at radius 3 is 2.64 bits per heavy atom. The van der Waals surface area contributed by atoms with Crippen molar-refractivity contribution in [3.05, 3.63) is 47.5 Å². The van der Waals surface area contributed by atoms with Gasteiger partial charge in [0.1, 0.15) is 17.3 Å². The zero-order valence-electron chi connectivity index (χ0n) is 15.4. The van der Waals surface area contributed by atoms with E-state index in [4.69, 9.17) is 9.47 Å². The molecule has 1 aromatic carbocycles. The van der Waals surface area contributed by atoms with Gasteiger partial charge in [-0.25, -0.2) is 9.97 Å². The second-order valence-corrected chi connectivity index (χ2v) is 6.59. The van der Waals surface area contributed by atoms with Crippen molar-refractivity contribution in [2.45, 2.75) is 38.6 Å². The number of hydrogen-bond acceptors (Lipinski definition) is 5. The van der Waals surface area contributed by atoms with Crippen molar-refractivity contribution in [2.75, 3.05) is 27.3 Å². The van der Waals surface area contributed by atoms with Crippen LogP contribution in [-0.4, -0.2) is 42.2 Å². The standard InChI is InChI=1S/C20H27N3O2/c1-4-5-20-21-11-15(12-22-20)13-23-9-8-16(14-23)18-10-17(24-2)6-7-19(18)25-3/h6-7,10-12,16H,4-5,8-9,13-14H2,1-3H3/t16-/m0/s1. The molecule has 2 heterocycles. The van der Waals surface area contributed by atoms with E-state index >= 15 is 0 Å². The SMILES string of the molecule is CCCc1ncc(CN2CC[C@H](c3cc(OC)ccc3OC)C2)cn1. The molecule has 0 saturated carbocycles. The fourth-order valence-electron chi connectivity index (χ4n) is 3.46. The molecule has 1 aliphatic heterocycles. The van der Waals surface area contributed by atoms with Gasteiger partial charge in [-0.15, -0.1) is 0 Å². The highest BCUT2D eigenvalue weighted by Gasteiger charge is 2.26. The first-order chi connectivity index (χ1) is 12.2. The van der Waals surface area contributed by atoms with Crippen molar-refractivity contribution in [1.82, 2.24) is 14.9 Å². The number of aromatic nitrogens is 2. The summed E-state index contributed by atoms with van der Waals surface area (Å²) in [6.45, 7) is 5.13. The summed E-state index contributed by atoms with van der Waals surface area (Å²) in [6, 6.07) is 6.05. The molecule has 134 valence electrons. The molecule has 0 amide bonds. The summed E-state index contributed by atoms with van der Waals surface area (Å²) in [5.41, 5.74) is 2.41. The molecule has 5 heteroatoms. The molecular weight excluding hydrogens is 314 g/mol. The third-order valence-corrected chi connectivity index (χ3v) is 4.79. The molecule has 1 atom stereocenters. The largest absolute Gasteiger partial charge is 0.497 e. The summed E-state index contributed by atoms with van der Waals surface area (Å²) in [4.78, 5) is 11.4. The Hall–Kier alpha value is -2.14. The predicted molar refractivity (Wildman–Crippen MR) is 98.2 cm³/mol. The fraction of sp³-hybridized carbons (Fsp3) is 0.500. The summed E-state index contributed by atoms with van der Waals surface area (Å²) in [5.74, 6) is 3.23. The van der Waals surface area contributed by atoms with Gasteiger partial charge in [-0.1, -0.05) is 6.92 Å². The monoisotopic (exact) mass is 341 g/mol. The highest BCUT2D eigenvalue weighted by Crippen LogP contribution is 2.36. The molecule has 0 bridgehead atoms. The number of nitrogens with zero attached hydrogens (tertiary/aromatic N) is 3. The summed E-state index contributed by atoms with van der Waals surface area (Å²) in [6.07, 6.45) is 7.09. The molecule has 0 N–H and O–H groups in total. The van der Waals surface area contributed by atoms with Crippen LogP contribution in [0.15, 0.2) is 30.6 Å². The van der Waals surface area contributed by atoms with Gasteiger partial charge in [0.25, 0.3) is 0 Å². The lowest BCUT2D eigenvalue weighted by molar-refractivity contribution is 0.324. The van der Waals surface area contributed by atoms with Crippen molar-refractivity contribution >= 4 is 0 Å². The Balaban J connectivity index is 1.65. The van der Waals surface area contributed by atoms with Crippen LogP contribution in [-0.2, 0) is 13.0 Å². The highest BCUT2D eigenvalue weighted by molar-refractivity contribution is 5.43. The highest BCUT2D eigenvalue weighted by atomic mass is 16.5. The smallest absolute Gasteiger partial charge is 0.128 e. The van der Waals surface area contributed by atoms with E-state index in [2.05, 4.69) is 27.9 Å². The summed E-state index contributed by atoms with van der Waals surface area (Å²) < 4.78 is 10.9. The van der Waals surface area contributed by atoms with E-state index < -0.39 is 0 Å². The van der Waals surface area contributed by atoms with Crippen LogP contribution >= 0.6 is 0 Å². The van der Waals surface area contributed by atoms with Crippen molar-refractivity contribution < 1.29 is 9.47 Å². The van der Waals surface area contributed by atoms with Crippen LogP contribution < -0.4 is 9.47 Å². The Bertz CT molecular complexity index is 688. The van der Waals surface area contributed by atoms with Crippen LogP contribution in [0.4, 0.5) is 0 Å². The van der Waals surface area contributed by atoms with E-state index in [1.807, 2.05) is 24.5 Å². The Morgan fingerprint density at radius 1 is 1.16 bits per heavy atom. The van der Waals surface area contributed by atoms with Gasteiger partial charge >= 0.3 is 0 Å².